The van der Waals surface area contributed by atoms with E-state index in [0.717, 1.165) is 0 Å². The van der Waals surface area contributed by atoms with Gasteiger partial charge in [0.25, 0.3) is 6.69 Å². The van der Waals surface area contributed by atoms with E-state index in [1.54, 1.807) is 11.6 Å². The molecule has 0 fully saturated rings. The summed E-state index contributed by atoms with van der Waals surface area (Å²) in [7, 11) is 1.89. The monoisotopic (exact) mass is 88.0 g/mol. The van der Waals surface area contributed by atoms with E-state index >= 15 is 0 Å². The lowest BCUT2D eigenvalue weighted by molar-refractivity contribution is 1.27. The summed E-state index contributed by atoms with van der Waals surface area (Å²) in [4.78, 5) is 0. The van der Waals surface area contributed by atoms with Crippen molar-refractivity contribution in [3.63, 3.8) is 0 Å². The van der Waals surface area contributed by atoms with Gasteiger partial charge in [0.1, 0.15) is 0 Å². The van der Waals surface area contributed by atoms with Crippen molar-refractivity contribution in [1.29, 1.82) is 0 Å². The maximum atomic E-state index is 2.86. The average molecular weight is 88.0 g/mol. The zero-order valence-electron chi connectivity index (χ0n) is 3.49. The van der Waals surface area contributed by atoms with E-state index in [1.165, 1.54) is 0 Å². The molecule has 0 aliphatic carbocycles. The smallest absolute Gasteiger partial charge is 0.284 e. The molecule has 0 saturated carbocycles. The van der Waals surface area contributed by atoms with Gasteiger partial charge < -0.3 is 5.23 Å². The topological polar surface area (TPSA) is 12.0 Å². The summed E-state index contributed by atoms with van der Waals surface area (Å²) < 4.78 is 0. The van der Waals surface area contributed by atoms with Crippen LogP contribution >= 0.6 is 11.6 Å². The number of rotatable bonds is 2. The van der Waals surface area contributed by atoms with Gasteiger partial charge >= 0.3 is 0 Å². The zero-order valence-corrected chi connectivity index (χ0v) is 4.30. The first-order valence-corrected chi connectivity index (χ1v) is 2.72. The van der Waals surface area contributed by atoms with E-state index in [-0.39, 0.29) is 0 Å². The molecular weight excluding hydrogens is 80.9 g/mol. The molecule has 0 aromatic rings. The molecular formula is C2H7BNS. The molecule has 0 atom stereocenters. The van der Waals surface area contributed by atoms with Crippen molar-refractivity contribution in [2.24, 2.45) is 0 Å². The van der Waals surface area contributed by atoms with Crippen LogP contribution in [0.5, 0.6) is 0 Å². The molecule has 0 amide bonds. The molecule has 0 aliphatic rings. The number of hydrogen-bond acceptors (Lipinski definition) is 2. The van der Waals surface area contributed by atoms with Crippen LogP contribution in [0.1, 0.15) is 0 Å². The first-order valence-electron chi connectivity index (χ1n) is 1.43. The van der Waals surface area contributed by atoms with Crippen molar-refractivity contribution in [2.45, 2.75) is 0 Å². The van der Waals surface area contributed by atoms with Crippen LogP contribution in [-0.4, -0.2) is 20.0 Å². The van der Waals surface area contributed by atoms with Gasteiger partial charge in [0.2, 0.25) is 0 Å². The molecule has 1 N–H and O–H groups in total. The second-order valence-corrected chi connectivity index (χ2v) is 1.35. The summed E-state index contributed by atoms with van der Waals surface area (Å²) in [5, 5.41) is 2.86. The lowest BCUT2D eigenvalue weighted by Gasteiger charge is -1.80. The molecule has 0 spiro atoms. The van der Waals surface area contributed by atoms with Gasteiger partial charge in [-0.1, -0.05) is 0 Å². The summed E-state index contributed by atoms with van der Waals surface area (Å²) in [6, 6.07) is 0. The molecule has 5 heavy (non-hydrogen) atoms. The quantitative estimate of drug-likeness (QED) is 0.480. The molecule has 1 radical (unpaired) electrons. The summed E-state index contributed by atoms with van der Waals surface area (Å²) >= 11 is 1.67. The lowest BCUT2D eigenvalue weighted by Crippen LogP contribution is -2.06. The molecule has 0 aromatic carbocycles. The Bertz CT molecular complexity index is 17.1. The van der Waals surface area contributed by atoms with Crippen LogP contribution in [0.15, 0.2) is 0 Å². The summed E-state index contributed by atoms with van der Waals surface area (Å²) in [6.07, 6.45) is 2.01. The van der Waals surface area contributed by atoms with Gasteiger partial charge in [-0.05, 0) is 13.3 Å². The maximum absolute atomic E-state index is 2.86. The van der Waals surface area contributed by atoms with Gasteiger partial charge in [-0.25, -0.2) is 0 Å². The van der Waals surface area contributed by atoms with Crippen molar-refractivity contribution in [3.8, 4) is 0 Å². The maximum Gasteiger partial charge on any atom is 0.284 e. The second kappa shape index (κ2) is 4.37. The Kier molecular flexibility index (Phi) is 4.70. The molecule has 0 aromatic heterocycles. The highest BCUT2D eigenvalue weighted by Crippen LogP contribution is 1.77. The highest BCUT2D eigenvalue weighted by atomic mass is 32.2. The van der Waals surface area contributed by atoms with E-state index in [9.17, 15) is 0 Å². The fourth-order valence-electron chi connectivity index (χ4n) is 0.118. The van der Waals surface area contributed by atoms with Crippen LogP contribution in [0.3, 0.4) is 0 Å². The molecule has 0 unspecified atom stereocenters. The van der Waals surface area contributed by atoms with E-state index < -0.39 is 0 Å². The van der Waals surface area contributed by atoms with E-state index in [4.69, 9.17) is 0 Å². The van der Waals surface area contributed by atoms with Gasteiger partial charge in [-0.3, -0.25) is 0 Å². The van der Waals surface area contributed by atoms with E-state index in [1.807, 2.05) is 20.0 Å². The van der Waals surface area contributed by atoms with Gasteiger partial charge in [0, 0.05) is 0 Å². The summed E-state index contributed by atoms with van der Waals surface area (Å²) in [5.41, 5.74) is 0. The lowest BCUT2D eigenvalue weighted by atomic mass is 10.4. The third kappa shape index (κ3) is 4.37. The minimum atomic E-state index is 1.67. The Labute approximate surface area is 37.7 Å². The second-order valence-electron chi connectivity index (χ2n) is 0.642. The van der Waals surface area contributed by atoms with Crippen LogP contribution in [0.2, 0.25) is 0 Å². The van der Waals surface area contributed by atoms with Crippen molar-refractivity contribution in [2.75, 3.05) is 13.3 Å². The molecule has 0 bridgehead atoms. The zero-order chi connectivity index (χ0) is 4.12. The molecule has 0 heterocycles. The summed E-state index contributed by atoms with van der Waals surface area (Å²) in [5.74, 6) is 0. The molecule has 0 rings (SSSR count). The van der Waals surface area contributed by atoms with Gasteiger partial charge in [0.05, 0.1) is 0 Å². The highest BCUT2D eigenvalue weighted by molar-refractivity contribution is 8.21. The molecule has 3 heteroatoms. The van der Waals surface area contributed by atoms with Gasteiger partial charge in [0.15, 0.2) is 0 Å². The normalized spacial score (nSPS) is 7.60. The minimum Gasteiger partial charge on any atom is -0.353 e. The largest absolute Gasteiger partial charge is 0.353 e. The average Bonchev–Trinajstić information content (AvgIpc) is 1.41. The van der Waals surface area contributed by atoms with Crippen LogP contribution in [0.4, 0.5) is 0 Å². The molecule has 29 valence electrons. The SMILES string of the molecule is CN[B]SC. The van der Waals surface area contributed by atoms with Crippen LogP contribution in [0.25, 0.3) is 0 Å². The third-order valence-corrected chi connectivity index (χ3v) is 0.707. The molecule has 0 aliphatic heterocycles. The molecule has 0 saturated heterocycles. The Morgan fingerprint density at radius 3 is 2.40 bits per heavy atom. The standard InChI is InChI=1S/C2H7BNS/c1-4-3-5-2/h4H,1-2H3. The van der Waals surface area contributed by atoms with Gasteiger partial charge in [-0.15, -0.1) is 0 Å². The van der Waals surface area contributed by atoms with Crippen molar-refractivity contribution in [1.82, 2.24) is 5.23 Å². The van der Waals surface area contributed by atoms with E-state index in [0.29, 0.717) is 0 Å². The van der Waals surface area contributed by atoms with Crippen molar-refractivity contribution < 1.29 is 0 Å². The first kappa shape index (κ1) is 5.37. The van der Waals surface area contributed by atoms with E-state index in [2.05, 4.69) is 5.23 Å². The van der Waals surface area contributed by atoms with Crippen molar-refractivity contribution in [3.05, 3.63) is 0 Å². The fraction of sp³-hybridized carbons (Fsp3) is 1.00. The predicted octanol–water partition coefficient (Wildman–Crippen LogP) is 0.103. The Hall–Kier alpha value is 0.375. The Balaban J connectivity index is 2.19. The van der Waals surface area contributed by atoms with Gasteiger partial charge in [-0.2, -0.15) is 11.6 Å². The Morgan fingerprint density at radius 1 is 1.80 bits per heavy atom. The van der Waals surface area contributed by atoms with Crippen LogP contribution in [-0.2, 0) is 0 Å². The van der Waals surface area contributed by atoms with Crippen LogP contribution in [0, 0.1) is 0 Å². The predicted molar refractivity (Wildman–Crippen MR) is 28.3 cm³/mol. The van der Waals surface area contributed by atoms with Crippen LogP contribution < -0.4 is 5.23 Å². The number of hydrogen-bond donors (Lipinski definition) is 1. The molecule has 1 nitrogen and oxygen atoms in total. The highest BCUT2D eigenvalue weighted by Gasteiger charge is 1.71. The number of nitrogens with one attached hydrogen (secondary N) is 1. The third-order valence-electron chi connectivity index (χ3n) is 0.236. The summed E-state index contributed by atoms with van der Waals surface area (Å²) in [6.45, 7) is 1.92. The minimum absolute atomic E-state index is 1.67. The first-order chi connectivity index (χ1) is 2.41. The van der Waals surface area contributed by atoms with Crippen molar-refractivity contribution >= 4 is 18.3 Å². The Morgan fingerprint density at radius 2 is 2.40 bits per heavy atom. The fourth-order valence-corrected chi connectivity index (χ4v) is 0.354.